The fourth-order valence-electron chi connectivity index (χ4n) is 3.07. The molecule has 0 amide bonds. The van der Waals surface area contributed by atoms with E-state index in [0.29, 0.717) is 5.01 Å². The summed E-state index contributed by atoms with van der Waals surface area (Å²) in [6, 6.07) is 17.3. The van der Waals surface area contributed by atoms with Crippen molar-refractivity contribution in [3.05, 3.63) is 83.5 Å². The van der Waals surface area contributed by atoms with Gasteiger partial charge in [0.25, 0.3) is 10.0 Å². The number of halogens is 1. The quantitative estimate of drug-likeness (QED) is 0.377. The third-order valence-electron chi connectivity index (χ3n) is 4.76. The maximum Gasteiger partial charge on any atom is 0.335 e. The van der Waals surface area contributed by atoms with Crippen LogP contribution in [0.2, 0.25) is 0 Å². The number of hydrogen-bond donors (Lipinski definition) is 2. The topological polar surface area (TPSA) is 106 Å². The predicted octanol–water partition coefficient (Wildman–Crippen LogP) is 5.12. The number of carboxylic acid groups (broad SMARTS) is 1. The Morgan fingerprint density at radius 2 is 1.61 bits per heavy atom. The van der Waals surface area contributed by atoms with Crippen LogP contribution in [0.3, 0.4) is 0 Å². The average molecular weight is 485 g/mol. The minimum absolute atomic E-state index is 0.0326. The normalized spacial score (nSPS) is 11.2. The van der Waals surface area contributed by atoms with E-state index in [0.717, 1.165) is 16.7 Å². The van der Waals surface area contributed by atoms with Gasteiger partial charge >= 0.3 is 5.97 Å². The zero-order valence-electron chi connectivity index (χ0n) is 17.2. The number of hydrogen-bond acceptors (Lipinski definition) is 6. The van der Waals surface area contributed by atoms with Crippen molar-refractivity contribution in [3.8, 4) is 27.4 Å². The summed E-state index contributed by atoms with van der Waals surface area (Å²) in [5, 5.41) is 10.8. The summed E-state index contributed by atoms with van der Waals surface area (Å²) in [6.07, 6.45) is 0. The summed E-state index contributed by atoms with van der Waals surface area (Å²) in [5.41, 5.74) is 2.55. The third kappa shape index (κ3) is 4.86. The summed E-state index contributed by atoms with van der Waals surface area (Å²) in [4.78, 5) is 15.4. The molecule has 1 aromatic heterocycles. The van der Waals surface area contributed by atoms with Crippen LogP contribution in [0.4, 0.5) is 10.1 Å². The Labute approximate surface area is 193 Å². The van der Waals surface area contributed by atoms with Crippen LogP contribution in [-0.4, -0.2) is 31.6 Å². The van der Waals surface area contributed by atoms with Crippen LogP contribution in [-0.2, 0) is 10.0 Å². The second-order valence-electron chi connectivity index (χ2n) is 6.90. The van der Waals surface area contributed by atoms with Crippen LogP contribution in [0.15, 0.2) is 77.1 Å². The standard InChI is InChI=1S/C23H17FN2O5S2/c1-31-20-12-17(23(27)28)8-11-19(20)26-33(29,30)21-13-32-22(25-21)16-4-2-14(3-5-16)15-6-9-18(24)10-7-15/h2-13,26H,1H3,(H,27,28). The van der Waals surface area contributed by atoms with E-state index >= 15 is 0 Å². The number of sulfonamides is 1. The molecule has 168 valence electrons. The third-order valence-corrected chi connectivity index (χ3v) is 7.05. The minimum Gasteiger partial charge on any atom is -0.495 e. The Hall–Kier alpha value is -3.76. The number of benzene rings is 3. The summed E-state index contributed by atoms with van der Waals surface area (Å²) in [7, 11) is -2.72. The monoisotopic (exact) mass is 484 g/mol. The first kappa shape index (κ1) is 22.4. The highest BCUT2D eigenvalue weighted by molar-refractivity contribution is 7.92. The van der Waals surface area contributed by atoms with E-state index in [1.165, 1.54) is 54.2 Å². The fourth-order valence-corrected chi connectivity index (χ4v) is 5.24. The van der Waals surface area contributed by atoms with Gasteiger partial charge in [0.15, 0.2) is 5.03 Å². The molecule has 10 heteroatoms. The summed E-state index contributed by atoms with van der Waals surface area (Å²) >= 11 is 1.17. The van der Waals surface area contributed by atoms with Crippen molar-refractivity contribution >= 4 is 33.0 Å². The lowest BCUT2D eigenvalue weighted by Gasteiger charge is -2.11. The number of rotatable bonds is 7. The maximum absolute atomic E-state index is 13.1. The highest BCUT2D eigenvalue weighted by atomic mass is 32.2. The van der Waals surface area contributed by atoms with E-state index in [9.17, 15) is 17.6 Å². The first-order chi connectivity index (χ1) is 15.8. The van der Waals surface area contributed by atoms with Gasteiger partial charge in [-0.15, -0.1) is 11.3 Å². The number of nitrogens with zero attached hydrogens (tertiary/aromatic N) is 1. The van der Waals surface area contributed by atoms with Gasteiger partial charge in [-0.05, 0) is 41.5 Å². The van der Waals surface area contributed by atoms with Gasteiger partial charge in [-0.3, -0.25) is 4.72 Å². The second kappa shape index (κ2) is 9.00. The first-order valence-corrected chi connectivity index (χ1v) is 11.9. The molecule has 0 bridgehead atoms. The van der Waals surface area contributed by atoms with E-state index < -0.39 is 16.0 Å². The van der Waals surface area contributed by atoms with E-state index in [-0.39, 0.29) is 27.8 Å². The maximum atomic E-state index is 13.1. The zero-order valence-corrected chi connectivity index (χ0v) is 18.8. The molecule has 0 unspecified atom stereocenters. The largest absolute Gasteiger partial charge is 0.495 e. The van der Waals surface area contributed by atoms with Crippen LogP contribution in [0, 0.1) is 5.82 Å². The van der Waals surface area contributed by atoms with Crippen LogP contribution in [0.25, 0.3) is 21.7 Å². The molecule has 0 aliphatic carbocycles. The van der Waals surface area contributed by atoms with Crippen molar-refractivity contribution < 1.29 is 27.4 Å². The van der Waals surface area contributed by atoms with Crippen molar-refractivity contribution in [2.24, 2.45) is 0 Å². The van der Waals surface area contributed by atoms with E-state index in [1.54, 1.807) is 12.1 Å². The van der Waals surface area contributed by atoms with Gasteiger partial charge in [0.1, 0.15) is 16.6 Å². The highest BCUT2D eigenvalue weighted by Crippen LogP contribution is 2.31. The molecule has 0 aliphatic rings. The average Bonchev–Trinajstić information content (AvgIpc) is 3.31. The van der Waals surface area contributed by atoms with Crippen molar-refractivity contribution in [2.75, 3.05) is 11.8 Å². The van der Waals surface area contributed by atoms with E-state index in [1.807, 2.05) is 24.3 Å². The zero-order chi connectivity index (χ0) is 23.6. The number of methoxy groups -OCH3 is 1. The number of thiazole rings is 1. The molecule has 0 spiro atoms. The molecule has 0 aliphatic heterocycles. The van der Waals surface area contributed by atoms with Crippen LogP contribution < -0.4 is 9.46 Å². The van der Waals surface area contributed by atoms with Gasteiger partial charge in [-0.2, -0.15) is 8.42 Å². The molecular formula is C23H17FN2O5S2. The SMILES string of the molecule is COc1cc(C(=O)O)ccc1NS(=O)(=O)c1csc(-c2ccc(-c3ccc(F)cc3)cc2)n1. The Kier molecular flexibility index (Phi) is 6.12. The van der Waals surface area contributed by atoms with Gasteiger partial charge < -0.3 is 9.84 Å². The van der Waals surface area contributed by atoms with E-state index in [4.69, 9.17) is 9.84 Å². The molecular weight excluding hydrogens is 467 g/mol. The molecule has 0 saturated carbocycles. The second-order valence-corrected chi connectivity index (χ2v) is 9.39. The fraction of sp³-hybridized carbons (Fsp3) is 0.0435. The molecule has 4 aromatic rings. The van der Waals surface area contributed by atoms with Crippen molar-refractivity contribution in [3.63, 3.8) is 0 Å². The summed E-state index contributed by atoms with van der Waals surface area (Å²) in [6.45, 7) is 0. The van der Waals surface area contributed by atoms with Crippen LogP contribution in [0.5, 0.6) is 5.75 Å². The molecule has 7 nitrogen and oxygen atoms in total. The lowest BCUT2D eigenvalue weighted by molar-refractivity contribution is 0.0696. The lowest BCUT2D eigenvalue weighted by Crippen LogP contribution is -2.14. The van der Waals surface area contributed by atoms with Gasteiger partial charge in [-0.1, -0.05) is 36.4 Å². The molecule has 0 radical (unpaired) electrons. The number of nitrogens with one attached hydrogen (secondary N) is 1. The first-order valence-electron chi connectivity index (χ1n) is 9.53. The van der Waals surface area contributed by atoms with E-state index in [2.05, 4.69) is 9.71 Å². The highest BCUT2D eigenvalue weighted by Gasteiger charge is 2.21. The van der Waals surface area contributed by atoms with Gasteiger partial charge in [0.2, 0.25) is 0 Å². The Balaban J connectivity index is 1.56. The lowest BCUT2D eigenvalue weighted by atomic mass is 10.0. The number of aromatic nitrogens is 1. The van der Waals surface area contributed by atoms with Gasteiger partial charge in [0, 0.05) is 10.9 Å². The predicted molar refractivity (Wildman–Crippen MR) is 124 cm³/mol. The summed E-state index contributed by atoms with van der Waals surface area (Å²) < 4.78 is 46.3. The molecule has 3 aromatic carbocycles. The van der Waals surface area contributed by atoms with Crippen molar-refractivity contribution in [1.82, 2.24) is 4.98 Å². The molecule has 0 saturated heterocycles. The minimum atomic E-state index is -4.04. The Bertz CT molecular complexity index is 1420. The molecule has 0 fully saturated rings. The molecule has 2 N–H and O–H groups in total. The van der Waals surface area contributed by atoms with Crippen LogP contribution >= 0.6 is 11.3 Å². The Morgan fingerprint density at radius 1 is 1.00 bits per heavy atom. The van der Waals surface area contributed by atoms with Crippen molar-refractivity contribution in [1.29, 1.82) is 0 Å². The number of carbonyl (C=O) groups is 1. The van der Waals surface area contributed by atoms with Gasteiger partial charge in [-0.25, -0.2) is 14.2 Å². The molecule has 4 rings (SSSR count). The van der Waals surface area contributed by atoms with Gasteiger partial charge in [0.05, 0.1) is 18.4 Å². The number of carboxylic acids is 1. The molecule has 1 heterocycles. The Morgan fingerprint density at radius 3 is 2.21 bits per heavy atom. The summed E-state index contributed by atoms with van der Waals surface area (Å²) in [5.74, 6) is -1.39. The van der Waals surface area contributed by atoms with Crippen molar-refractivity contribution in [2.45, 2.75) is 5.03 Å². The molecule has 0 atom stereocenters. The van der Waals surface area contributed by atoms with Crippen LogP contribution in [0.1, 0.15) is 10.4 Å². The molecule has 33 heavy (non-hydrogen) atoms. The number of anilines is 1. The number of ether oxygens (including phenoxy) is 1. The smallest absolute Gasteiger partial charge is 0.335 e. The number of aromatic carboxylic acids is 1.